The van der Waals surface area contributed by atoms with Crippen molar-refractivity contribution in [2.24, 2.45) is 0 Å². The lowest BCUT2D eigenvalue weighted by molar-refractivity contribution is 0.351. The Morgan fingerprint density at radius 2 is 2.15 bits per heavy atom. The number of halogens is 1. The van der Waals surface area contributed by atoms with E-state index >= 15 is 0 Å². The minimum atomic E-state index is 0.188. The van der Waals surface area contributed by atoms with Crippen LogP contribution in [0.25, 0.3) is 0 Å². The van der Waals surface area contributed by atoms with E-state index in [2.05, 4.69) is 15.9 Å². The van der Waals surface area contributed by atoms with E-state index in [1.165, 1.54) is 0 Å². The zero-order chi connectivity index (χ0) is 9.84. The van der Waals surface area contributed by atoms with Crippen LogP contribution in [0.1, 0.15) is 11.4 Å². The highest BCUT2D eigenvalue weighted by Gasteiger charge is 2.07. The largest absolute Gasteiger partial charge is 0.464 e. The third-order valence-corrected chi connectivity index (χ3v) is 1.81. The van der Waals surface area contributed by atoms with Crippen molar-refractivity contribution in [2.45, 2.75) is 13.8 Å². The molecule has 0 bridgehead atoms. The summed E-state index contributed by atoms with van der Waals surface area (Å²) in [4.78, 5) is 8.02. The topological polar surface area (TPSA) is 35.0 Å². The molecule has 3 nitrogen and oxygen atoms in total. The Bertz CT molecular complexity index is 357. The Morgan fingerprint density at radius 3 is 2.77 bits per heavy atom. The van der Waals surface area contributed by atoms with Gasteiger partial charge in [-0.2, -0.15) is 4.98 Å². The lowest BCUT2D eigenvalue weighted by Crippen LogP contribution is -2.01. The molecular weight excluding hydrogens is 188 g/mol. The Hall–Kier alpha value is -1.27. The molecule has 68 valence electrons. The van der Waals surface area contributed by atoms with Crippen molar-refractivity contribution in [1.29, 1.82) is 0 Å². The lowest BCUT2D eigenvalue weighted by atomic mass is 10.3. The Labute approximate surface area is 82.1 Å². The first kappa shape index (κ1) is 9.82. The second kappa shape index (κ2) is 4.11. The van der Waals surface area contributed by atoms with Crippen LogP contribution in [0.3, 0.4) is 0 Å². The van der Waals surface area contributed by atoms with E-state index in [1.807, 2.05) is 0 Å². The highest BCUT2D eigenvalue weighted by molar-refractivity contribution is 6.30. The van der Waals surface area contributed by atoms with Gasteiger partial charge in [0.15, 0.2) is 6.61 Å². The number of aryl methyl sites for hydroxylation is 1. The number of ether oxygens (including phenoxy) is 1. The molecular formula is C9H9ClN2O. The van der Waals surface area contributed by atoms with Gasteiger partial charge in [-0.15, -0.1) is 6.42 Å². The Balaban J connectivity index is 3.00. The van der Waals surface area contributed by atoms with Crippen LogP contribution in [0.2, 0.25) is 5.15 Å². The quantitative estimate of drug-likeness (QED) is 0.534. The van der Waals surface area contributed by atoms with E-state index < -0.39 is 0 Å². The highest BCUT2D eigenvalue weighted by atomic mass is 35.5. The van der Waals surface area contributed by atoms with Gasteiger partial charge in [0, 0.05) is 5.56 Å². The van der Waals surface area contributed by atoms with Crippen LogP contribution in [0.15, 0.2) is 0 Å². The van der Waals surface area contributed by atoms with Gasteiger partial charge in [0.1, 0.15) is 11.0 Å². The summed E-state index contributed by atoms with van der Waals surface area (Å²) in [5.41, 5.74) is 0.711. The average molecular weight is 197 g/mol. The molecule has 0 unspecified atom stereocenters. The van der Waals surface area contributed by atoms with E-state index in [1.54, 1.807) is 13.8 Å². The van der Waals surface area contributed by atoms with Crippen molar-refractivity contribution >= 4 is 11.6 Å². The first-order valence-corrected chi connectivity index (χ1v) is 4.10. The van der Waals surface area contributed by atoms with E-state index in [0.29, 0.717) is 22.4 Å². The predicted molar refractivity (Wildman–Crippen MR) is 50.8 cm³/mol. The van der Waals surface area contributed by atoms with Gasteiger partial charge in [0.25, 0.3) is 0 Å². The van der Waals surface area contributed by atoms with E-state index in [4.69, 9.17) is 22.8 Å². The number of nitrogens with zero attached hydrogens (tertiary/aromatic N) is 2. The number of terminal acetylenes is 1. The van der Waals surface area contributed by atoms with Crippen molar-refractivity contribution in [2.75, 3.05) is 6.61 Å². The molecule has 0 aliphatic carbocycles. The molecule has 0 aliphatic rings. The molecule has 0 saturated carbocycles. The van der Waals surface area contributed by atoms with Gasteiger partial charge in [-0.3, -0.25) is 0 Å². The fourth-order valence-corrected chi connectivity index (χ4v) is 1.02. The molecule has 1 aromatic heterocycles. The summed E-state index contributed by atoms with van der Waals surface area (Å²) in [6, 6.07) is 0. The molecule has 1 heterocycles. The molecule has 0 aliphatic heterocycles. The summed E-state index contributed by atoms with van der Waals surface area (Å²) in [5.74, 6) is 3.38. The average Bonchev–Trinajstić information content (AvgIpc) is 2.09. The second-order valence-electron chi connectivity index (χ2n) is 2.48. The number of aromatic nitrogens is 2. The van der Waals surface area contributed by atoms with Gasteiger partial charge in [-0.1, -0.05) is 17.5 Å². The zero-order valence-corrected chi connectivity index (χ0v) is 8.22. The van der Waals surface area contributed by atoms with Gasteiger partial charge in [-0.05, 0) is 13.8 Å². The van der Waals surface area contributed by atoms with Gasteiger partial charge < -0.3 is 4.74 Å². The summed E-state index contributed by atoms with van der Waals surface area (Å²) in [6.07, 6.45) is 5.05. The van der Waals surface area contributed by atoms with E-state index in [-0.39, 0.29) is 6.61 Å². The molecule has 0 amide bonds. The zero-order valence-electron chi connectivity index (χ0n) is 7.47. The van der Waals surface area contributed by atoms with Crippen LogP contribution in [-0.2, 0) is 0 Å². The van der Waals surface area contributed by atoms with Crippen LogP contribution in [-0.4, -0.2) is 16.6 Å². The molecule has 13 heavy (non-hydrogen) atoms. The molecule has 0 radical (unpaired) electrons. The first-order valence-electron chi connectivity index (χ1n) is 3.72. The number of hydrogen-bond donors (Lipinski definition) is 0. The summed E-state index contributed by atoms with van der Waals surface area (Å²) >= 11 is 5.82. The van der Waals surface area contributed by atoms with Gasteiger partial charge in [0.2, 0.25) is 5.88 Å². The summed E-state index contributed by atoms with van der Waals surface area (Å²) in [5, 5.41) is 0.402. The van der Waals surface area contributed by atoms with Crippen molar-refractivity contribution in [3.05, 3.63) is 16.5 Å². The van der Waals surface area contributed by atoms with Gasteiger partial charge in [0.05, 0.1) is 0 Å². The summed E-state index contributed by atoms with van der Waals surface area (Å²) in [6.45, 7) is 3.72. The molecule has 0 atom stereocenters. The monoisotopic (exact) mass is 196 g/mol. The van der Waals surface area contributed by atoms with Crippen molar-refractivity contribution in [3.63, 3.8) is 0 Å². The maximum Gasteiger partial charge on any atom is 0.222 e. The van der Waals surface area contributed by atoms with Crippen LogP contribution in [0, 0.1) is 26.2 Å². The van der Waals surface area contributed by atoms with E-state index in [9.17, 15) is 0 Å². The SMILES string of the molecule is C#CCOc1nc(C)nc(Cl)c1C. The molecule has 0 N–H and O–H groups in total. The van der Waals surface area contributed by atoms with Crippen LogP contribution < -0.4 is 4.74 Å². The molecule has 1 aromatic rings. The fraction of sp³-hybridized carbons (Fsp3) is 0.333. The van der Waals surface area contributed by atoms with E-state index in [0.717, 1.165) is 0 Å². The van der Waals surface area contributed by atoms with Crippen molar-refractivity contribution in [1.82, 2.24) is 9.97 Å². The van der Waals surface area contributed by atoms with Gasteiger partial charge in [-0.25, -0.2) is 4.98 Å². The predicted octanol–water partition coefficient (Wildman–Crippen LogP) is 1.76. The second-order valence-corrected chi connectivity index (χ2v) is 2.84. The number of rotatable bonds is 2. The van der Waals surface area contributed by atoms with Crippen molar-refractivity contribution < 1.29 is 4.74 Å². The third kappa shape index (κ3) is 2.33. The van der Waals surface area contributed by atoms with Crippen molar-refractivity contribution in [3.8, 4) is 18.2 Å². The highest BCUT2D eigenvalue weighted by Crippen LogP contribution is 2.21. The van der Waals surface area contributed by atoms with Crippen LogP contribution in [0.5, 0.6) is 5.88 Å². The molecule has 0 saturated heterocycles. The first-order chi connectivity index (χ1) is 6.15. The fourth-order valence-electron chi connectivity index (χ4n) is 0.821. The standard InChI is InChI=1S/C9H9ClN2O/c1-4-5-13-9-6(2)8(10)11-7(3)12-9/h1H,5H2,2-3H3. The van der Waals surface area contributed by atoms with Gasteiger partial charge >= 0.3 is 0 Å². The summed E-state index contributed by atoms with van der Waals surface area (Å²) < 4.78 is 5.18. The Morgan fingerprint density at radius 1 is 1.46 bits per heavy atom. The molecule has 0 aromatic carbocycles. The minimum absolute atomic E-state index is 0.188. The molecule has 0 fully saturated rings. The maximum atomic E-state index is 5.82. The Kier molecular flexibility index (Phi) is 3.10. The molecule has 1 rings (SSSR count). The normalized spacial score (nSPS) is 9.38. The minimum Gasteiger partial charge on any atom is -0.464 e. The third-order valence-electron chi connectivity index (χ3n) is 1.45. The summed E-state index contributed by atoms with van der Waals surface area (Å²) in [7, 11) is 0. The molecule has 0 spiro atoms. The number of hydrogen-bond acceptors (Lipinski definition) is 3. The molecule has 4 heteroatoms. The smallest absolute Gasteiger partial charge is 0.222 e. The maximum absolute atomic E-state index is 5.82. The lowest BCUT2D eigenvalue weighted by Gasteiger charge is -2.06. The van der Waals surface area contributed by atoms with Crippen LogP contribution >= 0.6 is 11.6 Å². The van der Waals surface area contributed by atoms with Crippen LogP contribution in [0.4, 0.5) is 0 Å².